The van der Waals surface area contributed by atoms with Crippen LogP contribution < -0.4 is 20.3 Å². The molecule has 2 N–H and O–H groups in total. The summed E-state index contributed by atoms with van der Waals surface area (Å²) in [4.78, 5) is 32.8. The zero-order chi connectivity index (χ0) is 22.0. The Kier molecular flexibility index (Phi) is 6.20. The molecule has 0 bridgehead atoms. The zero-order valence-corrected chi connectivity index (χ0v) is 18.5. The molecule has 2 heterocycles. The van der Waals surface area contributed by atoms with Crippen LogP contribution in [0.15, 0.2) is 52.4 Å². The lowest BCUT2D eigenvalue weighted by Gasteiger charge is -2.26. The number of nitrogens with one attached hydrogen (secondary N) is 2. The number of hydrogen-bond acceptors (Lipinski definition) is 6. The molecule has 0 aliphatic carbocycles. The third-order valence-corrected chi connectivity index (χ3v) is 6.35. The standard InChI is InChI=1S/C22H20ClN3O4S/c1-29-16-9-5-7-13(19(16)30-2)14-10-17(27)24-20-18(14)21(28)26-22(25-20)31-11-12-6-3-4-8-15(12)23/h3-9,14H,10-11H2,1-2H3,(H2,24,25,26,27,28)/t14-/m1/s1. The van der Waals surface area contributed by atoms with Crippen LogP contribution in [0.2, 0.25) is 5.02 Å². The molecule has 1 aliphatic heterocycles. The van der Waals surface area contributed by atoms with E-state index >= 15 is 0 Å². The van der Waals surface area contributed by atoms with Gasteiger partial charge < -0.3 is 19.8 Å². The number of para-hydroxylation sites is 1. The second-order valence-electron chi connectivity index (χ2n) is 6.90. The molecule has 7 nitrogen and oxygen atoms in total. The maximum Gasteiger partial charge on any atom is 0.257 e. The summed E-state index contributed by atoms with van der Waals surface area (Å²) in [6, 6.07) is 12.9. The molecule has 1 aromatic heterocycles. The molecule has 4 rings (SSSR count). The van der Waals surface area contributed by atoms with E-state index in [1.54, 1.807) is 19.2 Å². The lowest BCUT2D eigenvalue weighted by Crippen LogP contribution is -2.31. The first kappa shape index (κ1) is 21.3. The molecule has 0 fully saturated rings. The van der Waals surface area contributed by atoms with Gasteiger partial charge in [0.25, 0.3) is 5.56 Å². The van der Waals surface area contributed by atoms with E-state index in [0.717, 1.165) is 5.56 Å². The number of carbonyl (C=O) groups excluding carboxylic acids is 1. The van der Waals surface area contributed by atoms with E-state index < -0.39 is 5.92 Å². The maximum absolute atomic E-state index is 13.0. The number of methoxy groups -OCH3 is 2. The highest BCUT2D eigenvalue weighted by Crippen LogP contribution is 2.42. The quantitative estimate of drug-likeness (QED) is 0.425. The van der Waals surface area contributed by atoms with Crippen LogP contribution in [0.3, 0.4) is 0 Å². The van der Waals surface area contributed by atoms with Gasteiger partial charge in [0.2, 0.25) is 5.91 Å². The normalized spacial score (nSPS) is 15.2. The SMILES string of the molecule is COc1cccc([C@H]2CC(=O)Nc3nc(SCc4ccccc4Cl)[nH]c(=O)c32)c1OC. The van der Waals surface area contributed by atoms with E-state index in [1.807, 2.05) is 30.3 Å². The fraction of sp³-hybridized carbons (Fsp3) is 0.227. The van der Waals surface area contributed by atoms with Crippen LogP contribution in [-0.2, 0) is 10.5 Å². The van der Waals surface area contributed by atoms with Crippen LogP contribution in [0, 0.1) is 0 Å². The molecule has 1 aliphatic rings. The van der Waals surface area contributed by atoms with E-state index in [0.29, 0.717) is 38.6 Å². The fourth-order valence-corrected chi connectivity index (χ4v) is 4.78. The number of nitrogens with zero attached hydrogens (tertiary/aromatic N) is 1. The summed E-state index contributed by atoms with van der Waals surface area (Å²) in [6.07, 6.45) is 0.105. The van der Waals surface area contributed by atoms with Crippen LogP contribution >= 0.6 is 23.4 Å². The fourth-order valence-electron chi connectivity index (χ4n) is 3.63. The first-order valence-corrected chi connectivity index (χ1v) is 10.9. The van der Waals surface area contributed by atoms with Crippen molar-refractivity contribution >= 4 is 35.1 Å². The van der Waals surface area contributed by atoms with Crippen molar-refractivity contribution in [3.8, 4) is 11.5 Å². The van der Waals surface area contributed by atoms with Crippen LogP contribution in [0.4, 0.5) is 5.82 Å². The van der Waals surface area contributed by atoms with Crippen molar-refractivity contribution in [3.63, 3.8) is 0 Å². The number of halogens is 1. The summed E-state index contributed by atoms with van der Waals surface area (Å²) in [6.45, 7) is 0. The Balaban J connectivity index is 1.71. The van der Waals surface area contributed by atoms with Crippen molar-refractivity contribution in [1.82, 2.24) is 9.97 Å². The predicted molar refractivity (Wildman–Crippen MR) is 121 cm³/mol. The van der Waals surface area contributed by atoms with Gasteiger partial charge in [0, 0.05) is 28.7 Å². The second kappa shape index (κ2) is 9.03. The highest BCUT2D eigenvalue weighted by atomic mass is 35.5. The maximum atomic E-state index is 13.0. The smallest absolute Gasteiger partial charge is 0.257 e. The van der Waals surface area contributed by atoms with Gasteiger partial charge in [-0.3, -0.25) is 9.59 Å². The lowest BCUT2D eigenvalue weighted by molar-refractivity contribution is -0.116. The summed E-state index contributed by atoms with van der Waals surface area (Å²) >= 11 is 7.55. The Hall–Kier alpha value is -2.97. The molecular weight excluding hydrogens is 438 g/mol. The molecule has 0 unspecified atom stereocenters. The summed E-state index contributed by atoms with van der Waals surface area (Å²) in [5.41, 5.74) is 1.72. The Morgan fingerprint density at radius 3 is 2.68 bits per heavy atom. The van der Waals surface area contributed by atoms with Crippen LogP contribution in [-0.4, -0.2) is 30.1 Å². The zero-order valence-electron chi connectivity index (χ0n) is 16.9. The van der Waals surface area contributed by atoms with Crippen LogP contribution in [0.5, 0.6) is 11.5 Å². The lowest BCUT2D eigenvalue weighted by atomic mass is 9.86. The molecule has 31 heavy (non-hydrogen) atoms. The number of fused-ring (bicyclic) bond motifs is 1. The molecule has 1 atom stereocenters. The molecular formula is C22H20ClN3O4S. The van der Waals surface area contributed by atoms with Crippen LogP contribution in [0.25, 0.3) is 0 Å². The Bertz CT molecular complexity index is 1200. The number of amides is 1. The average Bonchev–Trinajstić information content (AvgIpc) is 2.77. The van der Waals surface area contributed by atoms with Gasteiger partial charge in [-0.25, -0.2) is 4.98 Å². The molecule has 1 amide bonds. The summed E-state index contributed by atoms with van der Waals surface area (Å²) in [7, 11) is 3.07. The first-order chi connectivity index (χ1) is 15.0. The van der Waals surface area contributed by atoms with Crippen LogP contribution in [0.1, 0.15) is 29.0 Å². The molecule has 0 radical (unpaired) electrons. The van der Waals surface area contributed by atoms with Crippen molar-refractivity contribution in [2.45, 2.75) is 23.2 Å². The topological polar surface area (TPSA) is 93.3 Å². The van der Waals surface area contributed by atoms with Gasteiger partial charge in [0.1, 0.15) is 5.82 Å². The molecule has 0 saturated carbocycles. The number of H-pyrrole nitrogens is 1. The second-order valence-corrected chi connectivity index (χ2v) is 8.27. The minimum Gasteiger partial charge on any atom is -0.493 e. The predicted octanol–water partition coefficient (Wildman–Crippen LogP) is 4.21. The van der Waals surface area contributed by atoms with Crippen molar-refractivity contribution in [3.05, 3.63) is 74.5 Å². The highest BCUT2D eigenvalue weighted by molar-refractivity contribution is 7.98. The summed E-state index contributed by atoms with van der Waals surface area (Å²) < 4.78 is 10.9. The van der Waals surface area contributed by atoms with E-state index in [-0.39, 0.29) is 23.7 Å². The van der Waals surface area contributed by atoms with Gasteiger partial charge in [-0.2, -0.15) is 0 Å². The van der Waals surface area contributed by atoms with E-state index in [2.05, 4.69) is 15.3 Å². The number of carbonyl (C=O) groups is 1. The van der Waals surface area contributed by atoms with Gasteiger partial charge >= 0.3 is 0 Å². The average molecular weight is 458 g/mol. The molecule has 0 saturated heterocycles. The largest absolute Gasteiger partial charge is 0.493 e. The Labute approximate surface area is 188 Å². The number of anilines is 1. The molecule has 0 spiro atoms. The third kappa shape index (κ3) is 4.26. The monoisotopic (exact) mass is 457 g/mol. The highest BCUT2D eigenvalue weighted by Gasteiger charge is 2.33. The van der Waals surface area contributed by atoms with Gasteiger partial charge in [-0.05, 0) is 17.7 Å². The summed E-state index contributed by atoms with van der Waals surface area (Å²) in [5.74, 6) is 1.09. The van der Waals surface area contributed by atoms with Gasteiger partial charge in [-0.1, -0.05) is 53.7 Å². The Morgan fingerprint density at radius 1 is 1.13 bits per heavy atom. The molecule has 160 valence electrons. The number of hydrogen-bond donors (Lipinski definition) is 2. The van der Waals surface area contributed by atoms with Gasteiger partial charge in [-0.15, -0.1) is 0 Å². The van der Waals surface area contributed by atoms with Gasteiger partial charge in [0.15, 0.2) is 16.7 Å². The minimum absolute atomic E-state index is 0.105. The third-order valence-electron chi connectivity index (χ3n) is 5.06. The number of aromatic nitrogens is 2. The number of rotatable bonds is 6. The number of thioether (sulfide) groups is 1. The molecule has 2 aromatic carbocycles. The molecule has 3 aromatic rings. The number of ether oxygens (including phenoxy) is 2. The van der Waals surface area contributed by atoms with Crippen molar-refractivity contribution in [2.75, 3.05) is 19.5 Å². The number of benzene rings is 2. The van der Waals surface area contributed by atoms with E-state index in [1.165, 1.54) is 18.9 Å². The van der Waals surface area contributed by atoms with Crippen molar-refractivity contribution in [2.24, 2.45) is 0 Å². The van der Waals surface area contributed by atoms with Gasteiger partial charge in [0.05, 0.1) is 19.8 Å². The minimum atomic E-state index is -0.507. The van der Waals surface area contributed by atoms with Crippen molar-refractivity contribution < 1.29 is 14.3 Å². The molecule has 9 heteroatoms. The summed E-state index contributed by atoms with van der Waals surface area (Å²) in [5, 5.41) is 3.79. The first-order valence-electron chi connectivity index (χ1n) is 9.53. The van der Waals surface area contributed by atoms with E-state index in [4.69, 9.17) is 21.1 Å². The Morgan fingerprint density at radius 2 is 1.94 bits per heavy atom. The van der Waals surface area contributed by atoms with Crippen molar-refractivity contribution in [1.29, 1.82) is 0 Å². The number of aromatic amines is 1. The van der Waals surface area contributed by atoms with E-state index in [9.17, 15) is 9.59 Å².